The monoisotopic (exact) mass is 208 g/mol. The molecular weight excluding hydrogens is 191 g/mol. The first-order valence-corrected chi connectivity index (χ1v) is 5.44. The Morgan fingerprint density at radius 1 is 1.20 bits per heavy atom. The minimum Gasteiger partial charge on any atom is -0.508 e. The highest BCUT2D eigenvalue weighted by atomic mass is 19.1. The van der Waals surface area contributed by atoms with Crippen LogP contribution in [0.4, 0.5) is 4.39 Å². The van der Waals surface area contributed by atoms with E-state index in [1.165, 1.54) is 0 Å². The van der Waals surface area contributed by atoms with Crippen LogP contribution in [0.15, 0.2) is 24.3 Å². The number of phenols is 1. The molecule has 1 fully saturated rings. The molecule has 0 aromatic heterocycles. The van der Waals surface area contributed by atoms with Crippen LogP contribution in [-0.2, 0) is 5.41 Å². The van der Waals surface area contributed by atoms with E-state index in [0.717, 1.165) is 24.8 Å². The van der Waals surface area contributed by atoms with Crippen molar-refractivity contribution < 1.29 is 9.50 Å². The number of benzene rings is 1. The molecular formula is C13H17FO. The van der Waals surface area contributed by atoms with Crippen LogP contribution >= 0.6 is 0 Å². The summed E-state index contributed by atoms with van der Waals surface area (Å²) in [6, 6.07) is 6.97. The Kier molecular flexibility index (Phi) is 2.25. The van der Waals surface area contributed by atoms with Crippen LogP contribution in [0.2, 0.25) is 0 Å². The number of aromatic hydroxyl groups is 1. The Morgan fingerprint density at radius 3 is 2.07 bits per heavy atom. The molecule has 1 aliphatic rings. The maximum Gasteiger partial charge on any atom is 0.115 e. The predicted octanol–water partition coefficient (Wildman–Crippen LogP) is 3.56. The lowest BCUT2D eigenvalue weighted by atomic mass is 9.57. The van der Waals surface area contributed by atoms with E-state index in [9.17, 15) is 9.50 Å². The molecule has 0 saturated heterocycles. The summed E-state index contributed by atoms with van der Waals surface area (Å²) in [6.07, 6.45) is 2.90. The average molecular weight is 208 g/mol. The third kappa shape index (κ3) is 1.52. The molecule has 0 bridgehead atoms. The van der Waals surface area contributed by atoms with Gasteiger partial charge >= 0.3 is 0 Å². The van der Waals surface area contributed by atoms with E-state index in [0.29, 0.717) is 0 Å². The van der Waals surface area contributed by atoms with Crippen molar-refractivity contribution in [2.75, 3.05) is 0 Å². The van der Waals surface area contributed by atoms with E-state index in [-0.39, 0.29) is 11.2 Å². The molecule has 15 heavy (non-hydrogen) atoms. The Morgan fingerprint density at radius 2 is 1.73 bits per heavy atom. The summed E-state index contributed by atoms with van der Waals surface area (Å²) in [5, 5.41) is 9.22. The molecule has 1 nitrogen and oxygen atoms in total. The SMILES string of the molecule is CC(C)(F)C1(c2ccc(O)cc2)CCC1. The molecule has 2 heteroatoms. The van der Waals surface area contributed by atoms with Gasteiger partial charge in [-0.3, -0.25) is 0 Å². The smallest absolute Gasteiger partial charge is 0.115 e. The van der Waals surface area contributed by atoms with Gasteiger partial charge in [-0.15, -0.1) is 0 Å². The first kappa shape index (κ1) is 10.5. The van der Waals surface area contributed by atoms with E-state index in [1.54, 1.807) is 26.0 Å². The van der Waals surface area contributed by atoms with Crippen molar-refractivity contribution in [2.24, 2.45) is 0 Å². The lowest BCUT2D eigenvalue weighted by Gasteiger charge is -2.49. The summed E-state index contributed by atoms with van der Waals surface area (Å²) in [6.45, 7) is 3.30. The largest absolute Gasteiger partial charge is 0.508 e. The zero-order valence-electron chi connectivity index (χ0n) is 9.26. The Bertz CT molecular complexity index is 344. The highest BCUT2D eigenvalue weighted by molar-refractivity contribution is 5.35. The van der Waals surface area contributed by atoms with Gasteiger partial charge in [0.15, 0.2) is 0 Å². The fourth-order valence-electron chi connectivity index (χ4n) is 2.54. The third-order valence-corrected chi connectivity index (χ3v) is 3.76. The van der Waals surface area contributed by atoms with Crippen LogP contribution in [-0.4, -0.2) is 10.8 Å². The first-order chi connectivity index (χ1) is 6.96. The third-order valence-electron chi connectivity index (χ3n) is 3.76. The molecule has 0 atom stereocenters. The normalized spacial score (nSPS) is 19.7. The molecule has 1 saturated carbocycles. The van der Waals surface area contributed by atoms with Gasteiger partial charge in [-0.25, -0.2) is 4.39 Å². The van der Waals surface area contributed by atoms with Crippen molar-refractivity contribution in [3.8, 4) is 5.75 Å². The molecule has 0 heterocycles. The second-order valence-electron chi connectivity index (χ2n) is 4.95. The first-order valence-electron chi connectivity index (χ1n) is 5.44. The average Bonchev–Trinajstić information content (AvgIpc) is 2.03. The predicted molar refractivity (Wildman–Crippen MR) is 58.8 cm³/mol. The lowest BCUT2D eigenvalue weighted by molar-refractivity contribution is 0.0268. The Balaban J connectivity index is 2.39. The minimum atomic E-state index is -1.19. The number of phenolic OH excluding ortho intramolecular Hbond substituents is 1. The van der Waals surface area contributed by atoms with Crippen molar-refractivity contribution in [2.45, 2.75) is 44.2 Å². The molecule has 0 amide bonds. The molecule has 0 aliphatic heterocycles. The van der Waals surface area contributed by atoms with E-state index in [1.807, 2.05) is 12.1 Å². The zero-order valence-corrected chi connectivity index (χ0v) is 9.26. The van der Waals surface area contributed by atoms with Gasteiger partial charge in [0.05, 0.1) is 0 Å². The topological polar surface area (TPSA) is 20.2 Å². The number of rotatable bonds is 2. The van der Waals surface area contributed by atoms with Crippen LogP contribution in [0.25, 0.3) is 0 Å². The molecule has 0 spiro atoms. The lowest BCUT2D eigenvalue weighted by Crippen LogP contribution is -2.49. The summed E-state index contributed by atoms with van der Waals surface area (Å²) in [5.41, 5.74) is -0.512. The van der Waals surface area contributed by atoms with E-state index < -0.39 is 5.67 Å². The molecule has 1 aliphatic carbocycles. The molecule has 0 radical (unpaired) electrons. The number of alkyl halides is 1. The van der Waals surface area contributed by atoms with Crippen molar-refractivity contribution >= 4 is 0 Å². The second-order valence-corrected chi connectivity index (χ2v) is 4.95. The Labute approximate surface area is 89.9 Å². The van der Waals surface area contributed by atoms with Crippen LogP contribution in [0, 0.1) is 0 Å². The van der Waals surface area contributed by atoms with Crippen molar-refractivity contribution in [3.63, 3.8) is 0 Å². The van der Waals surface area contributed by atoms with Gasteiger partial charge in [-0.05, 0) is 44.4 Å². The van der Waals surface area contributed by atoms with Crippen molar-refractivity contribution in [3.05, 3.63) is 29.8 Å². The molecule has 2 rings (SSSR count). The quantitative estimate of drug-likeness (QED) is 0.787. The van der Waals surface area contributed by atoms with Crippen LogP contribution in [0.1, 0.15) is 38.7 Å². The molecule has 82 valence electrons. The summed E-state index contributed by atoms with van der Waals surface area (Å²) in [4.78, 5) is 0. The van der Waals surface area contributed by atoms with Gasteiger partial charge in [0.1, 0.15) is 11.4 Å². The van der Waals surface area contributed by atoms with Gasteiger partial charge < -0.3 is 5.11 Å². The molecule has 1 aromatic rings. The van der Waals surface area contributed by atoms with Crippen LogP contribution in [0.3, 0.4) is 0 Å². The summed E-state index contributed by atoms with van der Waals surface area (Å²) in [5.74, 6) is 0.241. The van der Waals surface area contributed by atoms with Gasteiger partial charge in [0, 0.05) is 5.41 Å². The van der Waals surface area contributed by atoms with E-state index in [4.69, 9.17) is 0 Å². The van der Waals surface area contributed by atoms with Gasteiger partial charge in [0.25, 0.3) is 0 Å². The molecule has 1 N–H and O–H groups in total. The van der Waals surface area contributed by atoms with E-state index in [2.05, 4.69) is 0 Å². The van der Waals surface area contributed by atoms with Gasteiger partial charge in [-0.1, -0.05) is 18.6 Å². The zero-order chi connectivity index (χ0) is 11.1. The minimum absolute atomic E-state index is 0.241. The van der Waals surface area contributed by atoms with Crippen LogP contribution in [0.5, 0.6) is 5.75 Å². The number of halogens is 1. The number of hydrogen-bond acceptors (Lipinski definition) is 1. The standard InChI is InChI=1S/C13H17FO/c1-12(2,14)13(8-3-9-13)10-4-6-11(15)7-5-10/h4-7,15H,3,8-9H2,1-2H3. The fraction of sp³-hybridized carbons (Fsp3) is 0.538. The maximum absolute atomic E-state index is 14.2. The summed E-state index contributed by atoms with van der Waals surface area (Å²) in [7, 11) is 0. The Hall–Kier alpha value is -1.05. The van der Waals surface area contributed by atoms with Crippen molar-refractivity contribution in [1.82, 2.24) is 0 Å². The van der Waals surface area contributed by atoms with Gasteiger partial charge in [0.2, 0.25) is 0 Å². The number of hydrogen-bond donors (Lipinski definition) is 1. The second kappa shape index (κ2) is 3.22. The van der Waals surface area contributed by atoms with E-state index >= 15 is 0 Å². The highest BCUT2D eigenvalue weighted by Gasteiger charge is 2.51. The van der Waals surface area contributed by atoms with Crippen LogP contribution < -0.4 is 0 Å². The fourth-order valence-corrected chi connectivity index (χ4v) is 2.54. The maximum atomic E-state index is 14.2. The van der Waals surface area contributed by atoms with Crippen molar-refractivity contribution in [1.29, 1.82) is 0 Å². The summed E-state index contributed by atoms with van der Waals surface area (Å²) < 4.78 is 14.2. The molecule has 1 aromatic carbocycles. The summed E-state index contributed by atoms with van der Waals surface area (Å²) >= 11 is 0. The molecule has 0 unspecified atom stereocenters. The van der Waals surface area contributed by atoms with Gasteiger partial charge in [-0.2, -0.15) is 0 Å². The highest BCUT2D eigenvalue weighted by Crippen LogP contribution is 2.52.